The van der Waals surface area contributed by atoms with Crippen LogP contribution in [0.25, 0.3) is 0 Å². The molecular weight excluding hydrogens is 360 g/mol. The van der Waals surface area contributed by atoms with E-state index in [2.05, 4.69) is 23.9 Å². The van der Waals surface area contributed by atoms with Crippen LogP contribution in [0.5, 0.6) is 0 Å². The lowest BCUT2D eigenvalue weighted by Gasteiger charge is -2.12. The van der Waals surface area contributed by atoms with Crippen molar-refractivity contribution in [1.82, 2.24) is 5.32 Å². The van der Waals surface area contributed by atoms with Gasteiger partial charge in [0.2, 0.25) is 0 Å². The van der Waals surface area contributed by atoms with Crippen LogP contribution in [0.2, 0.25) is 5.02 Å². The summed E-state index contributed by atoms with van der Waals surface area (Å²) >= 11 is 6.08. The molecular formula is C18H21ClN2O3S. The second kappa shape index (κ2) is 8.36. The van der Waals surface area contributed by atoms with Crippen molar-refractivity contribution < 1.29 is 13.2 Å². The maximum absolute atomic E-state index is 12.4. The Bertz CT molecular complexity index is 837. The minimum atomic E-state index is -3.72. The van der Waals surface area contributed by atoms with Crippen molar-refractivity contribution >= 4 is 33.2 Å². The van der Waals surface area contributed by atoms with Crippen LogP contribution in [0.15, 0.2) is 53.4 Å². The topological polar surface area (TPSA) is 75.3 Å². The summed E-state index contributed by atoms with van der Waals surface area (Å²) in [5, 5.41) is 3.06. The molecule has 134 valence electrons. The molecule has 0 bridgehead atoms. The molecule has 0 saturated carbocycles. The molecule has 1 amide bonds. The highest BCUT2D eigenvalue weighted by atomic mass is 35.5. The van der Waals surface area contributed by atoms with Gasteiger partial charge in [0.05, 0.1) is 15.5 Å². The number of carbonyl (C=O) groups excluding carboxylic acids is 1. The highest BCUT2D eigenvalue weighted by Gasteiger charge is 2.16. The van der Waals surface area contributed by atoms with Crippen molar-refractivity contribution in [3.05, 3.63) is 59.1 Å². The summed E-state index contributed by atoms with van der Waals surface area (Å²) in [5.74, 6) is 0.145. The first-order chi connectivity index (χ1) is 11.8. The van der Waals surface area contributed by atoms with Crippen LogP contribution in [-0.4, -0.2) is 20.9 Å². The molecule has 0 aliphatic carbocycles. The Morgan fingerprint density at radius 1 is 1.12 bits per heavy atom. The maximum atomic E-state index is 12.4. The third-order valence-corrected chi connectivity index (χ3v) is 5.25. The van der Waals surface area contributed by atoms with Gasteiger partial charge in [0, 0.05) is 12.2 Å². The average Bonchev–Trinajstić information content (AvgIpc) is 2.56. The Morgan fingerprint density at radius 3 is 2.44 bits per heavy atom. The van der Waals surface area contributed by atoms with Gasteiger partial charge in [-0.1, -0.05) is 43.6 Å². The highest BCUT2D eigenvalue weighted by Crippen LogP contribution is 2.23. The van der Waals surface area contributed by atoms with Gasteiger partial charge in [-0.3, -0.25) is 9.52 Å². The van der Waals surface area contributed by atoms with E-state index in [0.29, 0.717) is 12.5 Å². The van der Waals surface area contributed by atoms with Crippen LogP contribution in [0.1, 0.15) is 30.6 Å². The van der Waals surface area contributed by atoms with E-state index in [-0.39, 0.29) is 27.1 Å². The van der Waals surface area contributed by atoms with Crippen LogP contribution >= 0.6 is 11.6 Å². The van der Waals surface area contributed by atoms with E-state index in [0.717, 1.165) is 6.42 Å². The molecule has 0 spiro atoms. The van der Waals surface area contributed by atoms with Gasteiger partial charge in [-0.05, 0) is 42.7 Å². The fourth-order valence-electron chi connectivity index (χ4n) is 2.15. The molecule has 0 radical (unpaired) electrons. The Kier molecular flexibility index (Phi) is 6.45. The van der Waals surface area contributed by atoms with Crippen LogP contribution < -0.4 is 10.0 Å². The van der Waals surface area contributed by atoms with Crippen molar-refractivity contribution in [3.63, 3.8) is 0 Å². The van der Waals surface area contributed by atoms with Crippen molar-refractivity contribution in [3.8, 4) is 0 Å². The molecule has 2 aromatic carbocycles. The zero-order chi connectivity index (χ0) is 18.4. The van der Waals surface area contributed by atoms with Crippen molar-refractivity contribution in [1.29, 1.82) is 0 Å². The van der Waals surface area contributed by atoms with Crippen molar-refractivity contribution in [2.45, 2.75) is 25.2 Å². The van der Waals surface area contributed by atoms with Gasteiger partial charge in [-0.2, -0.15) is 0 Å². The lowest BCUT2D eigenvalue weighted by Crippen LogP contribution is -2.25. The summed E-state index contributed by atoms with van der Waals surface area (Å²) in [6.07, 6.45) is 0.851. The minimum Gasteiger partial charge on any atom is -0.352 e. The van der Waals surface area contributed by atoms with E-state index in [1.165, 1.54) is 30.3 Å². The van der Waals surface area contributed by atoms with Crippen molar-refractivity contribution in [2.24, 2.45) is 5.92 Å². The number of rotatable bonds is 7. The van der Waals surface area contributed by atoms with Gasteiger partial charge in [-0.25, -0.2) is 8.42 Å². The SMILES string of the molecule is CC(C)CCNC(=O)c1cc(NS(=O)(=O)c2ccccc2)ccc1Cl. The summed E-state index contributed by atoms with van der Waals surface area (Å²) in [6, 6.07) is 12.5. The van der Waals surface area contributed by atoms with Gasteiger partial charge in [0.1, 0.15) is 0 Å². The van der Waals surface area contributed by atoms with E-state index >= 15 is 0 Å². The molecule has 0 heterocycles. The molecule has 0 fully saturated rings. The predicted octanol–water partition coefficient (Wildman–Crippen LogP) is 3.92. The number of nitrogens with one attached hydrogen (secondary N) is 2. The summed E-state index contributed by atoms with van der Waals surface area (Å²) < 4.78 is 27.2. The zero-order valence-electron chi connectivity index (χ0n) is 14.1. The van der Waals surface area contributed by atoms with Gasteiger partial charge < -0.3 is 5.32 Å². The molecule has 0 saturated heterocycles. The lowest BCUT2D eigenvalue weighted by molar-refractivity contribution is 0.0952. The van der Waals surface area contributed by atoms with Gasteiger partial charge in [-0.15, -0.1) is 0 Å². The van der Waals surface area contributed by atoms with E-state index in [1.807, 2.05) is 0 Å². The van der Waals surface area contributed by atoms with Crippen LogP contribution in [0.3, 0.4) is 0 Å². The fraction of sp³-hybridized carbons (Fsp3) is 0.278. The summed E-state index contributed by atoms with van der Waals surface area (Å²) in [6.45, 7) is 4.67. The van der Waals surface area contributed by atoms with Crippen LogP contribution in [-0.2, 0) is 10.0 Å². The highest BCUT2D eigenvalue weighted by molar-refractivity contribution is 7.92. The van der Waals surface area contributed by atoms with Crippen molar-refractivity contribution in [2.75, 3.05) is 11.3 Å². The molecule has 0 aliphatic heterocycles. The minimum absolute atomic E-state index is 0.146. The Labute approximate surface area is 153 Å². The Hall–Kier alpha value is -2.05. The number of carbonyl (C=O) groups is 1. The fourth-order valence-corrected chi connectivity index (χ4v) is 3.42. The second-order valence-electron chi connectivity index (χ2n) is 6.05. The third-order valence-electron chi connectivity index (χ3n) is 3.52. The number of sulfonamides is 1. The van der Waals surface area contributed by atoms with Crippen LogP contribution in [0.4, 0.5) is 5.69 Å². The first kappa shape index (κ1) is 19.3. The molecule has 0 unspecified atom stereocenters. The number of anilines is 1. The standard InChI is InChI=1S/C18H21ClN2O3S/c1-13(2)10-11-20-18(22)16-12-14(8-9-17(16)19)21-25(23,24)15-6-4-3-5-7-15/h3-9,12-13,21H,10-11H2,1-2H3,(H,20,22). The molecule has 0 aliphatic rings. The molecule has 7 heteroatoms. The number of hydrogen-bond acceptors (Lipinski definition) is 3. The Morgan fingerprint density at radius 2 is 1.80 bits per heavy atom. The lowest BCUT2D eigenvalue weighted by atomic mass is 10.1. The van der Waals surface area contributed by atoms with E-state index < -0.39 is 10.0 Å². The summed E-state index contributed by atoms with van der Waals surface area (Å²) in [4.78, 5) is 12.4. The zero-order valence-corrected chi connectivity index (χ0v) is 15.7. The molecule has 2 N–H and O–H groups in total. The first-order valence-corrected chi connectivity index (χ1v) is 9.81. The number of halogens is 1. The normalized spacial score (nSPS) is 11.4. The smallest absolute Gasteiger partial charge is 0.261 e. The quantitative estimate of drug-likeness (QED) is 0.764. The molecule has 2 aromatic rings. The van der Waals surface area contributed by atoms with Crippen LogP contribution in [0, 0.1) is 5.92 Å². The number of benzene rings is 2. The van der Waals surface area contributed by atoms with E-state index in [4.69, 9.17) is 11.6 Å². The van der Waals surface area contributed by atoms with Gasteiger partial charge in [0.25, 0.3) is 15.9 Å². The number of hydrogen-bond donors (Lipinski definition) is 2. The Balaban J connectivity index is 2.17. The van der Waals surface area contributed by atoms with Gasteiger partial charge in [0.15, 0.2) is 0 Å². The monoisotopic (exact) mass is 380 g/mol. The molecule has 2 rings (SSSR count). The molecule has 0 aromatic heterocycles. The summed E-state index contributed by atoms with van der Waals surface area (Å²) in [5.41, 5.74) is 0.515. The molecule has 5 nitrogen and oxygen atoms in total. The number of amides is 1. The van der Waals surface area contributed by atoms with E-state index in [9.17, 15) is 13.2 Å². The predicted molar refractivity (Wildman–Crippen MR) is 100 cm³/mol. The summed E-state index contributed by atoms with van der Waals surface area (Å²) in [7, 11) is -3.72. The third kappa shape index (κ3) is 5.47. The van der Waals surface area contributed by atoms with E-state index in [1.54, 1.807) is 18.2 Å². The first-order valence-electron chi connectivity index (χ1n) is 7.95. The molecule has 0 atom stereocenters. The van der Waals surface area contributed by atoms with Gasteiger partial charge >= 0.3 is 0 Å². The maximum Gasteiger partial charge on any atom is 0.261 e. The average molecular weight is 381 g/mol. The second-order valence-corrected chi connectivity index (χ2v) is 8.14. The largest absolute Gasteiger partial charge is 0.352 e. The molecule has 25 heavy (non-hydrogen) atoms.